The van der Waals surface area contributed by atoms with E-state index in [-0.39, 0.29) is 5.91 Å². The number of aryl methyl sites for hydroxylation is 1. The summed E-state index contributed by atoms with van der Waals surface area (Å²) in [7, 11) is 1.77. The largest absolute Gasteiger partial charge is 0.345 e. The highest BCUT2D eigenvalue weighted by molar-refractivity contribution is 7.14. The van der Waals surface area contributed by atoms with Crippen LogP contribution in [0.15, 0.2) is 42.2 Å². The molecule has 106 valence electrons. The topological polar surface area (TPSA) is 59.8 Å². The number of anilines is 1. The first-order chi connectivity index (χ1) is 10.1. The predicted molar refractivity (Wildman–Crippen MR) is 83.7 cm³/mol. The summed E-state index contributed by atoms with van der Waals surface area (Å²) < 4.78 is 1.67. The number of nitrogens with one attached hydrogen (secondary N) is 1. The number of hydrogen-bond donors (Lipinski definition) is 1. The Hall–Kier alpha value is -2.18. The average Bonchev–Trinajstić information content (AvgIpc) is 3.06. The summed E-state index contributed by atoms with van der Waals surface area (Å²) in [5.74, 6) is -0.239. The number of carbonyl (C=O) groups excluding carboxylic acids is 1. The molecule has 0 fully saturated rings. The van der Waals surface area contributed by atoms with E-state index in [1.807, 2.05) is 17.5 Å². The van der Waals surface area contributed by atoms with Crippen molar-refractivity contribution in [1.82, 2.24) is 14.5 Å². The van der Waals surface area contributed by atoms with Gasteiger partial charge in [0.25, 0.3) is 5.91 Å². The van der Waals surface area contributed by atoms with Crippen molar-refractivity contribution < 1.29 is 4.79 Å². The van der Waals surface area contributed by atoms with Gasteiger partial charge in [-0.15, -0.1) is 11.3 Å². The standard InChI is InChI=1S/C14H11ClN4OS/c1-19-7-10(15)5-12(19)13(20)18-14-17-11(8-21-14)9-3-2-4-16-6-9/h2-8H,1H3,(H,17,18,20). The lowest BCUT2D eigenvalue weighted by Gasteiger charge is -2.02. The van der Waals surface area contributed by atoms with Crippen LogP contribution in [0.2, 0.25) is 5.02 Å². The number of carbonyl (C=O) groups is 1. The second-order valence-electron chi connectivity index (χ2n) is 4.39. The van der Waals surface area contributed by atoms with E-state index in [1.165, 1.54) is 11.3 Å². The third-order valence-corrected chi connectivity index (χ3v) is 3.85. The molecule has 0 radical (unpaired) electrons. The van der Waals surface area contributed by atoms with Gasteiger partial charge in [0, 0.05) is 36.6 Å². The van der Waals surface area contributed by atoms with Crippen LogP contribution >= 0.6 is 22.9 Å². The minimum atomic E-state index is -0.239. The van der Waals surface area contributed by atoms with Crippen LogP contribution < -0.4 is 5.32 Å². The molecule has 3 aromatic rings. The molecule has 0 bridgehead atoms. The first kappa shape index (κ1) is 13.8. The zero-order valence-corrected chi connectivity index (χ0v) is 12.6. The molecule has 0 unspecified atom stereocenters. The van der Waals surface area contributed by atoms with Crippen LogP contribution in [-0.2, 0) is 7.05 Å². The normalized spacial score (nSPS) is 10.6. The number of halogens is 1. The lowest BCUT2D eigenvalue weighted by Crippen LogP contribution is -2.15. The Morgan fingerprint density at radius 2 is 2.33 bits per heavy atom. The Morgan fingerprint density at radius 3 is 3.00 bits per heavy atom. The number of rotatable bonds is 3. The molecular weight excluding hydrogens is 308 g/mol. The summed E-state index contributed by atoms with van der Waals surface area (Å²) in [5, 5.41) is 5.71. The molecule has 0 aliphatic heterocycles. The van der Waals surface area contributed by atoms with Gasteiger partial charge in [0.2, 0.25) is 0 Å². The first-order valence-electron chi connectivity index (χ1n) is 6.12. The molecule has 0 aliphatic rings. The maximum atomic E-state index is 12.2. The van der Waals surface area contributed by atoms with E-state index in [0.717, 1.165) is 11.3 Å². The van der Waals surface area contributed by atoms with E-state index in [4.69, 9.17) is 11.6 Å². The number of hydrogen-bond acceptors (Lipinski definition) is 4. The van der Waals surface area contributed by atoms with Gasteiger partial charge in [0.1, 0.15) is 5.69 Å². The van der Waals surface area contributed by atoms with Crippen LogP contribution in [0.3, 0.4) is 0 Å². The van der Waals surface area contributed by atoms with Crippen molar-refractivity contribution in [2.75, 3.05) is 5.32 Å². The van der Waals surface area contributed by atoms with Gasteiger partial charge in [-0.1, -0.05) is 11.6 Å². The molecule has 0 saturated carbocycles. The highest BCUT2D eigenvalue weighted by Crippen LogP contribution is 2.24. The molecule has 1 amide bonds. The van der Waals surface area contributed by atoms with E-state index < -0.39 is 0 Å². The van der Waals surface area contributed by atoms with Crippen LogP contribution in [0.1, 0.15) is 10.5 Å². The van der Waals surface area contributed by atoms with Crippen LogP contribution in [-0.4, -0.2) is 20.4 Å². The van der Waals surface area contributed by atoms with Crippen molar-refractivity contribution in [1.29, 1.82) is 0 Å². The molecule has 0 spiro atoms. The summed E-state index contributed by atoms with van der Waals surface area (Å²) in [4.78, 5) is 20.6. The van der Waals surface area contributed by atoms with Crippen molar-refractivity contribution in [2.24, 2.45) is 7.05 Å². The molecule has 1 N–H and O–H groups in total. The van der Waals surface area contributed by atoms with Crippen LogP contribution in [0.5, 0.6) is 0 Å². The second-order valence-corrected chi connectivity index (χ2v) is 5.68. The minimum absolute atomic E-state index is 0.239. The number of aromatic nitrogens is 3. The maximum absolute atomic E-state index is 12.2. The van der Waals surface area contributed by atoms with Gasteiger partial charge < -0.3 is 4.57 Å². The Balaban J connectivity index is 1.79. The smallest absolute Gasteiger partial charge is 0.274 e. The molecule has 7 heteroatoms. The van der Waals surface area contributed by atoms with Crippen molar-refractivity contribution in [3.05, 3.63) is 52.9 Å². The van der Waals surface area contributed by atoms with E-state index in [9.17, 15) is 4.79 Å². The van der Waals surface area contributed by atoms with Crippen molar-refractivity contribution in [3.8, 4) is 11.3 Å². The Morgan fingerprint density at radius 1 is 1.48 bits per heavy atom. The summed E-state index contributed by atoms with van der Waals surface area (Å²) in [6.45, 7) is 0. The van der Waals surface area contributed by atoms with E-state index >= 15 is 0 Å². The second kappa shape index (κ2) is 5.67. The third-order valence-electron chi connectivity index (χ3n) is 2.89. The van der Waals surface area contributed by atoms with Crippen LogP contribution in [0, 0.1) is 0 Å². The molecule has 3 heterocycles. The minimum Gasteiger partial charge on any atom is -0.345 e. The number of pyridine rings is 1. The van der Waals surface area contributed by atoms with Gasteiger partial charge in [0.15, 0.2) is 5.13 Å². The third kappa shape index (κ3) is 2.96. The van der Waals surface area contributed by atoms with Crippen molar-refractivity contribution >= 4 is 34.0 Å². The SMILES string of the molecule is Cn1cc(Cl)cc1C(=O)Nc1nc(-c2cccnc2)cs1. The van der Waals surface area contributed by atoms with E-state index in [1.54, 1.807) is 36.3 Å². The highest BCUT2D eigenvalue weighted by atomic mass is 35.5. The van der Waals surface area contributed by atoms with Gasteiger partial charge in [-0.05, 0) is 18.2 Å². The van der Waals surface area contributed by atoms with Crippen LogP contribution in [0.25, 0.3) is 11.3 Å². The van der Waals surface area contributed by atoms with E-state index in [0.29, 0.717) is 15.8 Å². The van der Waals surface area contributed by atoms with Gasteiger partial charge >= 0.3 is 0 Å². The molecule has 0 atom stereocenters. The van der Waals surface area contributed by atoms with Crippen molar-refractivity contribution in [3.63, 3.8) is 0 Å². The van der Waals surface area contributed by atoms with Gasteiger partial charge in [0.05, 0.1) is 10.7 Å². The molecule has 5 nitrogen and oxygen atoms in total. The quantitative estimate of drug-likeness (QED) is 0.804. The number of nitrogens with zero attached hydrogens (tertiary/aromatic N) is 3. The molecule has 0 saturated heterocycles. The van der Waals surface area contributed by atoms with Gasteiger partial charge in [-0.2, -0.15) is 0 Å². The lowest BCUT2D eigenvalue weighted by atomic mass is 10.2. The Labute approximate surface area is 130 Å². The molecular formula is C14H11ClN4OS. The monoisotopic (exact) mass is 318 g/mol. The number of amides is 1. The molecule has 3 aromatic heterocycles. The molecule has 0 aromatic carbocycles. The fraction of sp³-hybridized carbons (Fsp3) is 0.0714. The first-order valence-corrected chi connectivity index (χ1v) is 7.38. The zero-order chi connectivity index (χ0) is 14.8. The molecule has 0 aliphatic carbocycles. The van der Waals surface area contributed by atoms with Gasteiger partial charge in [-0.3, -0.25) is 15.1 Å². The summed E-state index contributed by atoms with van der Waals surface area (Å²) in [6.07, 6.45) is 5.12. The zero-order valence-electron chi connectivity index (χ0n) is 11.1. The molecule has 21 heavy (non-hydrogen) atoms. The summed E-state index contributed by atoms with van der Waals surface area (Å²) >= 11 is 7.24. The number of thiazole rings is 1. The average molecular weight is 319 g/mol. The predicted octanol–water partition coefficient (Wildman–Crippen LogP) is 3.45. The fourth-order valence-electron chi connectivity index (χ4n) is 1.89. The molecule has 3 rings (SSSR count). The lowest BCUT2D eigenvalue weighted by molar-refractivity contribution is 0.101. The Bertz CT molecular complexity index is 781. The van der Waals surface area contributed by atoms with E-state index in [2.05, 4.69) is 15.3 Å². The highest BCUT2D eigenvalue weighted by Gasteiger charge is 2.13. The maximum Gasteiger partial charge on any atom is 0.274 e. The Kier molecular flexibility index (Phi) is 3.72. The fourth-order valence-corrected chi connectivity index (χ4v) is 2.85. The van der Waals surface area contributed by atoms with Crippen molar-refractivity contribution in [2.45, 2.75) is 0 Å². The summed E-state index contributed by atoms with van der Waals surface area (Å²) in [5.41, 5.74) is 2.18. The summed E-state index contributed by atoms with van der Waals surface area (Å²) in [6, 6.07) is 5.38. The van der Waals surface area contributed by atoms with Crippen LogP contribution in [0.4, 0.5) is 5.13 Å². The van der Waals surface area contributed by atoms with Gasteiger partial charge in [-0.25, -0.2) is 4.98 Å².